The zero-order chi connectivity index (χ0) is 20.4. The second kappa shape index (κ2) is 7.95. The second-order valence-electron chi connectivity index (χ2n) is 7.54. The summed E-state index contributed by atoms with van der Waals surface area (Å²) in [6, 6.07) is 15.3. The van der Waals surface area contributed by atoms with E-state index in [1.807, 2.05) is 49.4 Å². The van der Waals surface area contributed by atoms with Crippen molar-refractivity contribution in [2.24, 2.45) is 0 Å². The number of benzene rings is 2. The van der Waals surface area contributed by atoms with Crippen LogP contribution in [0.1, 0.15) is 17.5 Å². The molecule has 0 bridgehead atoms. The van der Waals surface area contributed by atoms with Gasteiger partial charge in [0, 0.05) is 13.0 Å². The average molecular weight is 393 g/mol. The number of fused-ring (bicyclic) bond motifs is 1. The van der Waals surface area contributed by atoms with Crippen LogP contribution in [-0.2, 0) is 16.0 Å². The predicted molar refractivity (Wildman–Crippen MR) is 106 cm³/mol. The van der Waals surface area contributed by atoms with Crippen LogP contribution in [0.2, 0.25) is 0 Å². The average Bonchev–Trinajstić information content (AvgIpc) is 3.13. The van der Waals surface area contributed by atoms with E-state index in [9.17, 15) is 14.4 Å². The number of nitrogens with one attached hydrogen (secondary N) is 2. The highest BCUT2D eigenvalue weighted by Crippen LogP contribution is 2.24. The van der Waals surface area contributed by atoms with Crippen LogP contribution in [0.3, 0.4) is 0 Å². The van der Waals surface area contributed by atoms with Gasteiger partial charge in [0.2, 0.25) is 11.8 Å². The minimum Gasteiger partial charge on any atom is -0.410 e. The van der Waals surface area contributed by atoms with Gasteiger partial charge in [0.05, 0.1) is 6.04 Å². The number of piperazine rings is 1. The van der Waals surface area contributed by atoms with Crippen molar-refractivity contribution >= 4 is 17.9 Å². The smallest absolute Gasteiger partial charge is 0.410 e. The fraction of sp³-hybridized carbons (Fsp3) is 0.318. The van der Waals surface area contributed by atoms with Crippen molar-refractivity contribution in [3.05, 3.63) is 65.7 Å². The number of aryl methyl sites for hydroxylation is 1. The molecule has 0 unspecified atom stereocenters. The highest BCUT2D eigenvalue weighted by atomic mass is 16.6. The van der Waals surface area contributed by atoms with Crippen molar-refractivity contribution in [1.29, 1.82) is 0 Å². The molecule has 3 amide bonds. The molecule has 2 heterocycles. The van der Waals surface area contributed by atoms with Crippen molar-refractivity contribution < 1.29 is 19.1 Å². The van der Waals surface area contributed by atoms with Gasteiger partial charge >= 0.3 is 6.09 Å². The summed E-state index contributed by atoms with van der Waals surface area (Å²) in [6.07, 6.45) is 0.230. The number of ether oxygens (including phenoxy) is 1. The zero-order valence-corrected chi connectivity index (χ0v) is 16.1. The molecule has 2 fully saturated rings. The third-order valence-electron chi connectivity index (χ3n) is 5.34. The Hall–Kier alpha value is -3.35. The van der Waals surface area contributed by atoms with Crippen molar-refractivity contribution in [1.82, 2.24) is 15.5 Å². The maximum absolute atomic E-state index is 12.9. The van der Waals surface area contributed by atoms with Crippen molar-refractivity contribution in [2.75, 3.05) is 6.54 Å². The SMILES string of the molecule is Cc1ccc(OC(=O)N[C@H]2C[C@H]3C(=O)N[C@@H](Cc4ccccc4)C(=O)N3C2)cc1. The summed E-state index contributed by atoms with van der Waals surface area (Å²) in [4.78, 5) is 39.2. The molecule has 0 aliphatic carbocycles. The van der Waals surface area contributed by atoms with Crippen LogP contribution < -0.4 is 15.4 Å². The Kier molecular flexibility index (Phi) is 5.20. The van der Waals surface area contributed by atoms with Gasteiger partial charge in [-0.25, -0.2) is 4.79 Å². The molecule has 2 aliphatic heterocycles. The third-order valence-corrected chi connectivity index (χ3v) is 5.34. The molecule has 0 spiro atoms. The number of carbonyl (C=O) groups excluding carboxylic acids is 3. The van der Waals surface area contributed by atoms with Crippen LogP contribution in [0, 0.1) is 6.92 Å². The molecule has 0 aromatic heterocycles. The Labute approximate surface area is 169 Å². The van der Waals surface area contributed by atoms with Gasteiger partial charge in [0.15, 0.2) is 0 Å². The molecule has 2 aromatic carbocycles. The zero-order valence-electron chi connectivity index (χ0n) is 16.1. The van der Waals surface area contributed by atoms with E-state index in [-0.39, 0.29) is 17.9 Å². The molecular weight excluding hydrogens is 370 g/mol. The van der Waals surface area contributed by atoms with E-state index >= 15 is 0 Å². The summed E-state index contributed by atoms with van der Waals surface area (Å²) >= 11 is 0. The molecule has 7 heteroatoms. The highest BCUT2D eigenvalue weighted by molar-refractivity contribution is 5.97. The monoisotopic (exact) mass is 393 g/mol. The van der Waals surface area contributed by atoms with Crippen LogP contribution >= 0.6 is 0 Å². The summed E-state index contributed by atoms with van der Waals surface area (Å²) in [7, 11) is 0. The summed E-state index contributed by atoms with van der Waals surface area (Å²) in [5.74, 6) is 0.150. The van der Waals surface area contributed by atoms with Crippen molar-refractivity contribution in [3.8, 4) is 5.75 Å². The molecule has 3 atom stereocenters. The highest BCUT2D eigenvalue weighted by Gasteiger charge is 2.46. The molecule has 2 aliphatic rings. The Morgan fingerprint density at radius 2 is 1.86 bits per heavy atom. The molecular formula is C22H23N3O4. The van der Waals surface area contributed by atoms with E-state index in [0.29, 0.717) is 25.1 Å². The number of nitrogens with zero attached hydrogens (tertiary/aromatic N) is 1. The van der Waals surface area contributed by atoms with E-state index in [2.05, 4.69) is 10.6 Å². The van der Waals surface area contributed by atoms with E-state index in [0.717, 1.165) is 11.1 Å². The Morgan fingerprint density at radius 3 is 2.59 bits per heavy atom. The molecule has 0 radical (unpaired) electrons. The summed E-state index contributed by atoms with van der Waals surface area (Å²) in [5.41, 5.74) is 2.06. The Balaban J connectivity index is 1.37. The van der Waals surface area contributed by atoms with Crippen LogP contribution in [-0.4, -0.2) is 47.5 Å². The molecule has 2 saturated heterocycles. The summed E-state index contributed by atoms with van der Waals surface area (Å²) in [6.45, 7) is 2.25. The number of carbonyl (C=O) groups is 3. The largest absolute Gasteiger partial charge is 0.412 e. The second-order valence-corrected chi connectivity index (χ2v) is 7.54. The number of amides is 3. The van der Waals surface area contributed by atoms with Gasteiger partial charge in [-0.05, 0) is 31.0 Å². The molecule has 29 heavy (non-hydrogen) atoms. The third kappa shape index (κ3) is 4.23. The standard InChI is InChI=1S/C22H23N3O4/c1-14-7-9-17(10-8-14)29-22(28)23-16-12-19-20(26)24-18(21(27)25(19)13-16)11-15-5-3-2-4-6-15/h2-10,16,18-19H,11-13H2,1H3,(H,23,28)(H,24,26)/t16-,18-,19-/m0/s1. The van der Waals surface area contributed by atoms with E-state index in [1.165, 1.54) is 0 Å². The molecule has 2 N–H and O–H groups in total. The van der Waals surface area contributed by atoms with Crippen LogP contribution in [0.15, 0.2) is 54.6 Å². The lowest BCUT2D eigenvalue weighted by atomic mass is 10.0. The molecule has 2 aromatic rings. The lowest BCUT2D eigenvalue weighted by Gasteiger charge is -2.34. The first-order valence-electron chi connectivity index (χ1n) is 9.69. The maximum atomic E-state index is 12.9. The van der Waals surface area contributed by atoms with E-state index in [1.54, 1.807) is 17.0 Å². The summed E-state index contributed by atoms with van der Waals surface area (Å²) < 4.78 is 5.28. The van der Waals surface area contributed by atoms with Gasteiger partial charge in [0.25, 0.3) is 0 Å². The lowest BCUT2D eigenvalue weighted by molar-refractivity contribution is -0.147. The first-order valence-corrected chi connectivity index (χ1v) is 9.69. The maximum Gasteiger partial charge on any atom is 0.412 e. The Bertz CT molecular complexity index is 913. The van der Waals surface area contributed by atoms with Crippen molar-refractivity contribution in [2.45, 2.75) is 37.9 Å². The number of hydrogen-bond donors (Lipinski definition) is 2. The van der Waals surface area contributed by atoms with Gasteiger partial charge in [-0.3, -0.25) is 9.59 Å². The minimum absolute atomic E-state index is 0.116. The molecule has 4 rings (SSSR count). The van der Waals surface area contributed by atoms with Gasteiger partial charge in [-0.2, -0.15) is 0 Å². The van der Waals surface area contributed by atoms with E-state index in [4.69, 9.17) is 4.74 Å². The van der Waals surface area contributed by atoms with Crippen LogP contribution in [0.4, 0.5) is 4.79 Å². The van der Waals surface area contributed by atoms with Gasteiger partial charge in [0.1, 0.15) is 17.8 Å². The number of hydrogen-bond acceptors (Lipinski definition) is 4. The van der Waals surface area contributed by atoms with Crippen LogP contribution in [0.5, 0.6) is 5.75 Å². The minimum atomic E-state index is -0.590. The number of rotatable bonds is 4. The molecule has 7 nitrogen and oxygen atoms in total. The summed E-state index contributed by atoms with van der Waals surface area (Å²) in [5, 5.41) is 5.60. The first-order chi connectivity index (χ1) is 14.0. The van der Waals surface area contributed by atoms with Crippen molar-refractivity contribution in [3.63, 3.8) is 0 Å². The topological polar surface area (TPSA) is 87.7 Å². The first kappa shape index (κ1) is 19.0. The normalized spacial score (nSPS) is 23.3. The Morgan fingerprint density at radius 1 is 1.14 bits per heavy atom. The molecule has 150 valence electrons. The van der Waals surface area contributed by atoms with Crippen LogP contribution in [0.25, 0.3) is 0 Å². The predicted octanol–water partition coefficient (Wildman–Crippen LogP) is 1.79. The molecule has 0 saturated carbocycles. The van der Waals surface area contributed by atoms with Gasteiger partial charge in [-0.15, -0.1) is 0 Å². The quantitative estimate of drug-likeness (QED) is 0.829. The lowest BCUT2D eigenvalue weighted by Crippen LogP contribution is -2.61. The van der Waals surface area contributed by atoms with E-state index < -0.39 is 18.2 Å². The fourth-order valence-corrected chi connectivity index (χ4v) is 3.86. The van der Waals surface area contributed by atoms with Gasteiger partial charge in [-0.1, -0.05) is 48.0 Å². The fourth-order valence-electron chi connectivity index (χ4n) is 3.86. The van der Waals surface area contributed by atoms with Gasteiger partial charge < -0.3 is 20.3 Å².